The molecule has 0 fully saturated rings. The van der Waals surface area contributed by atoms with Crippen LogP contribution < -0.4 is 5.43 Å². The third-order valence-corrected chi connectivity index (χ3v) is 3.89. The number of para-hydroxylation sites is 1. The fourth-order valence-corrected chi connectivity index (χ4v) is 2.49. The van der Waals surface area contributed by atoms with Gasteiger partial charge in [-0.2, -0.15) is 0 Å². The maximum absolute atomic E-state index is 12.9. The summed E-state index contributed by atoms with van der Waals surface area (Å²) in [6.45, 7) is 5.20. The Hall–Kier alpha value is -2.88. The van der Waals surface area contributed by atoms with Gasteiger partial charge in [0, 0.05) is 5.56 Å². The van der Waals surface area contributed by atoms with Gasteiger partial charge < -0.3 is 9.15 Å². The molecule has 3 rings (SSSR count). The van der Waals surface area contributed by atoms with Crippen LogP contribution >= 0.6 is 0 Å². The van der Waals surface area contributed by atoms with Gasteiger partial charge in [0.15, 0.2) is 5.43 Å². The number of carbonyl (C=O) groups is 1. The van der Waals surface area contributed by atoms with E-state index in [4.69, 9.17) is 9.15 Å². The highest BCUT2D eigenvalue weighted by atomic mass is 16.5. The lowest BCUT2D eigenvalue weighted by molar-refractivity contribution is -0.154. The first-order chi connectivity index (χ1) is 11.9. The molecule has 1 heterocycles. The van der Waals surface area contributed by atoms with E-state index in [1.807, 2.05) is 36.4 Å². The van der Waals surface area contributed by atoms with Gasteiger partial charge in [-0.3, -0.25) is 9.59 Å². The summed E-state index contributed by atoms with van der Waals surface area (Å²) in [6.07, 6.45) is 0. The summed E-state index contributed by atoms with van der Waals surface area (Å²) in [5.74, 6) is 0.0741. The Balaban J connectivity index is 2.13. The molecule has 4 nitrogen and oxygen atoms in total. The third kappa shape index (κ3) is 3.48. The van der Waals surface area contributed by atoms with Gasteiger partial charge in [-0.15, -0.1) is 0 Å². The Bertz CT molecular complexity index is 963. The van der Waals surface area contributed by atoms with E-state index in [0.717, 1.165) is 5.56 Å². The molecule has 128 valence electrons. The van der Waals surface area contributed by atoms with Crippen molar-refractivity contribution < 1.29 is 13.9 Å². The highest BCUT2D eigenvalue weighted by molar-refractivity contribution is 5.80. The molecule has 0 radical (unpaired) electrons. The Morgan fingerprint density at radius 1 is 1.00 bits per heavy atom. The van der Waals surface area contributed by atoms with Gasteiger partial charge in [0.05, 0.1) is 16.4 Å². The molecule has 0 aliphatic rings. The molecule has 0 aliphatic carbocycles. The zero-order chi connectivity index (χ0) is 18.0. The lowest BCUT2D eigenvalue weighted by Crippen LogP contribution is -2.24. The van der Waals surface area contributed by atoms with Crippen LogP contribution in [0.1, 0.15) is 26.3 Å². The van der Waals surface area contributed by atoms with Crippen LogP contribution in [0.25, 0.3) is 22.3 Å². The van der Waals surface area contributed by atoms with Gasteiger partial charge in [0.2, 0.25) is 0 Å². The van der Waals surface area contributed by atoms with E-state index >= 15 is 0 Å². The van der Waals surface area contributed by atoms with Crippen molar-refractivity contribution in [2.45, 2.75) is 27.4 Å². The molecule has 0 saturated carbocycles. The predicted octanol–water partition coefficient (Wildman–Crippen LogP) is 4.55. The van der Waals surface area contributed by atoms with Gasteiger partial charge in [-0.05, 0) is 32.9 Å². The van der Waals surface area contributed by atoms with E-state index in [0.29, 0.717) is 22.3 Å². The second-order valence-corrected chi connectivity index (χ2v) is 6.93. The van der Waals surface area contributed by atoms with E-state index in [-0.39, 0.29) is 18.0 Å². The van der Waals surface area contributed by atoms with Gasteiger partial charge in [0.1, 0.15) is 18.0 Å². The van der Waals surface area contributed by atoms with Crippen LogP contribution in [0.4, 0.5) is 0 Å². The van der Waals surface area contributed by atoms with Crippen LogP contribution in [0.5, 0.6) is 0 Å². The van der Waals surface area contributed by atoms with Crippen molar-refractivity contribution in [1.82, 2.24) is 0 Å². The highest BCUT2D eigenvalue weighted by Crippen LogP contribution is 2.27. The quantitative estimate of drug-likeness (QED) is 0.659. The molecular weight excluding hydrogens is 316 g/mol. The van der Waals surface area contributed by atoms with Gasteiger partial charge in [0.25, 0.3) is 0 Å². The zero-order valence-electron chi connectivity index (χ0n) is 14.5. The minimum atomic E-state index is -0.635. The summed E-state index contributed by atoms with van der Waals surface area (Å²) in [5.41, 5.74) is 0.818. The number of fused-ring (bicyclic) bond motifs is 1. The van der Waals surface area contributed by atoms with E-state index in [1.54, 1.807) is 39.0 Å². The summed E-state index contributed by atoms with van der Waals surface area (Å²) in [4.78, 5) is 25.0. The highest BCUT2D eigenvalue weighted by Gasteiger charge is 2.25. The van der Waals surface area contributed by atoms with Crippen LogP contribution in [-0.4, -0.2) is 5.97 Å². The molecule has 4 heteroatoms. The van der Waals surface area contributed by atoms with Crippen LogP contribution in [0.15, 0.2) is 63.8 Å². The van der Waals surface area contributed by atoms with E-state index in [9.17, 15) is 9.59 Å². The monoisotopic (exact) mass is 336 g/mol. The molecule has 0 aliphatic heterocycles. The predicted molar refractivity (Wildman–Crippen MR) is 97.2 cm³/mol. The molecule has 0 unspecified atom stereocenters. The van der Waals surface area contributed by atoms with Crippen molar-refractivity contribution in [3.63, 3.8) is 0 Å². The summed E-state index contributed by atoms with van der Waals surface area (Å²) in [5, 5.41) is 0.476. The molecule has 3 aromatic rings. The number of hydrogen-bond acceptors (Lipinski definition) is 4. The minimum absolute atomic E-state index is 0.118. The maximum atomic E-state index is 12.9. The van der Waals surface area contributed by atoms with E-state index < -0.39 is 5.41 Å². The summed E-state index contributed by atoms with van der Waals surface area (Å²) in [6, 6.07) is 16.4. The molecule has 0 saturated heterocycles. The second kappa shape index (κ2) is 6.55. The molecule has 1 aromatic heterocycles. The molecular formula is C21H20O4. The molecule has 0 spiro atoms. The van der Waals surface area contributed by atoms with Gasteiger partial charge >= 0.3 is 5.97 Å². The first kappa shape index (κ1) is 17.0. The smallest absolute Gasteiger partial charge is 0.311 e. The molecule has 0 bridgehead atoms. The Morgan fingerprint density at radius 2 is 1.64 bits per heavy atom. The van der Waals surface area contributed by atoms with Crippen molar-refractivity contribution in [3.8, 4) is 11.3 Å². The molecule has 0 N–H and O–H groups in total. The van der Waals surface area contributed by atoms with Crippen molar-refractivity contribution >= 4 is 16.9 Å². The molecule has 0 amide bonds. The van der Waals surface area contributed by atoms with E-state index in [1.165, 1.54) is 0 Å². The first-order valence-corrected chi connectivity index (χ1v) is 8.15. The summed E-state index contributed by atoms with van der Waals surface area (Å²) in [7, 11) is 0. The lowest BCUT2D eigenvalue weighted by Gasteiger charge is -2.17. The number of hydrogen-bond donors (Lipinski definition) is 0. The van der Waals surface area contributed by atoms with Crippen molar-refractivity contribution in [1.29, 1.82) is 0 Å². The van der Waals surface area contributed by atoms with Crippen molar-refractivity contribution in [3.05, 3.63) is 70.4 Å². The SMILES string of the molecule is CC(C)(C)C(=O)OCc1c(-c2ccccc2)oc2ccccc2c1=O. The number of esters is 1. The fraction of sp³-hybridized carbons (Fsp3) is 0.238. The third-order valence-electron chi connectivity index (χ3n) is 3.89. The minimum Gasteiger partial charge on any atom is -0.460 e. The van der Waals surface area contributed by atoms with Gasteiger partial charge in [-0.1, -0.05) is 42.5 Å². The lowest BCUT2D eigenvalue weighted by atomic mass is 9.97. The largest absolute Gasteiger partial charge is 0.460 e. The zero-order valence-corrected chi connectivity index (χ0v) is 14.5. The van der Waals surface area contributed by atoms with Gasteiger partial charge in [-0.25, -0.2) is 0 Å². The average Bonchev–Trinajstić information content (AvgIpc) is 2.60. The summed E-state index contributed by atoms with van der Waals surface area (Å²) < 4.78 is 11.4. The number of ether oxygens (including phenoxy) is 1. The topological polar surface area (TPSA) is 56.5 Å². The normalized spacial score (nSPS) is 11.5. The first-order valence-electron chi connectivity index (χ1n) is 8.15. The van der Waals surface area contributed by atoms with Crippen LogP contribution in [0.3, 0.4) is 0 Å². The van der Waals surface area contributed by atoms with Crippen molar-refractivity contribution in [2.24, 2.45) is 5.41 Å². The molecule has 0 atom stereocenters. The summed E-state index contributed by atoms with van der Waals surface area (Å²) >= 11 is 0. The van der Waals surface area contributed by atoms with Crippen LogP contribution in [0.2, 0.25) is 0 Å². The molecule has 25 heavy (non-hydrogen) atoms. The average molecular weight is 336 g/mol. The standard InChI is InChI=1S/C21H20O4/c1-21(2,3)20(23)24-13-16-18(22)15-11-7-8-12-17(15)25-19(16)14-9-5-4-6-10-14/h4-12H,13H2,1-3H3. The Morgan fingerprint density at radius 3 is 2.32 bits per heavy atom. The number of rotatable bonds is 3. The second-order valence-electron chi connectivity index (χ2n) is 6.93. The van der Waals surface area contributed by atoms with E-state index in [2.05, 4.69) is 0 Å². The number of carbonyl (C=O) groups excluding carboxylic acids is 1. The fourth-order valence-electron chi connectivity index (χ4n) is 2.49. The van der Waals surface area contributed by atoms with Crippen LogP contribution in [-0.2, 0) is 16.1 Å². The number of benzene rings is 2. The Labute approximate surface area is 146 Å². The molecule has 2 aromatic carbocycles. The Kier molecular flexibility index (Phi) is 4.45. The van der Waals surface area contributed by atoms with Crippen LogP contribution in [0, 0.1) is 5.41 Å². The maximum Gasteiger partial charge on any atom is 0.311 e. The van der Waals surface area contributed by atoms with Crippen molar-refractivity contribution in [2.75, 3.05) is 0 Å².